The maximum Gasteiger partial charge on any atom is 0.330 e. The van der Waals surface area contributed by atoms with Crippen molar-refractivity contribution in [1.29, 1.82) is 0 Å². The van der Waals surface area contributed by atoms with Crippen LogP contribution < -0.4 is 11.2 Å². The van der Waals surface area contributed by atoms with Crippen LogP contribution in [0.25, 0.3) is 0 Å². The number of nitrogens with one attached hydrogen (secondary N) is 1. The minimum absolute atomic E-state index is 0.0268. The van der Waals surface area contributed by atoms with Gasteiger partial charge in [0.05, 0.1) is 12.5 Å². The molecule has 1 aromatic rings. The Labute approximate surface area is 130 Å². The van der Waals surface area contributed by atoms with Gasteiger partial charge < -0.3 is 19.4 Å². The molecule has 0 spiro atoms. The summed E-state index contributed by atoms with van der Waals surface area (Å²) in [7, 11) is 0. The van der Waals surface area contributed by atoms with Gasteiger partial charge in [0.15, 0.2) is 0 Å². The molecule has 1 aliphatic rings. The van der Waals surface area contributed by atoms with Gasteiger partial charge in [-0.1, -0.05) is 0 Å². The van der Waals surface area contributed by atoms with Gasteiger partial charge in [0, 0.05) is 25.1 Å². The van der Waals surface area contributed by atoms with Gasteiger partial charge in [-0.25, -0.2) is 4.79 Å². The number of esters is 1. The van der Waals surface area contributed by atoms with Crippen molar-refractivity contribution in [2.24, 2.45) is 0 Å². The largest absolute Gasteiger partial charge is 0.463 e. The SMILES string of the molecule is CC(=O)CCC(=O)OC[C@H]1O[C@@H](n2ccc(=O)[nH]c2=O)C[C@@H]1O. The number of rotatable bonds is 6. The van der Waals surface area contributed by atoms with E-state index in [9.17, 15) is 24.3 Å². The number of ether oxygens (including phenoxy) is 2. The zero-order valence-electron chi connectivity index (χ0n) is 12.6. The first-order chi connectivity index (χ1) is 10.9. The number of H-pyrrole nitrogens is 1. The van der Waals surface area contributed by atoms with E-state index in [0.29, 0.717) is 0 Å². The molecule has 9 heteroatoms. The molecule has 9 nitrogen and oxygen atoms in total. The summed E-state index contributed by atoms with van der Waals surface area (Å²) in [6, 6.07) is 1.17. The highest BCUT2D eigenvalue weighted by molar-refractivity contribution is 5.80. The summed E-state index contributed by atoms with van der Waals surface area (Å²) in [6.45, 7) is 1.20. The van der Waals surface area contributed by atoms with E-state index >= 15 is 0 Å². The van der Waals surface area contributed by atoms with Crippen LogP contribution in [0, 0.1) is 0 Å². The minimum atomic E-state index is -0.917. The Morgan fingerprint density at radius 3 is 2.83 bits per heavy atom. The Kier molecular flexibility index (Phi) is 5.45. The maximum atomic E-state index is 11.7. The molecule has 1 saturated heterocycles. The third-order valence-electron chi connectivity index (χ3n) is 3.46. The molecule has 0 aromatic carbocycles. The quantitative estimate of drug-likeness (QED) is 0.648. The fraction of sp³-hybridized carbons (Fsp3) is 0.571. The van der Waals surface area contributed by atoms with Crippen LogP contribution in [-0.2, 0) is 19.1 Å². The molecular weight excluding hydrogens is 308 g/mol. The lowest BCUT2D eigenvalue weighted by Crippen LogP contribution is -2.32. The smallest absolute Gasteiger partial charge is 0.330 e. The fourth-order valence-corrected chi connectivity index (χ4v) is 2.22. The Balaban J connectivity index is 1.91. The molecule has 0 saturated carbocycles. The molecule has 0 amide bonds. The Morgan fingerprint density at radius 1 is 1.43 bits per heavy atom. The molecule has 2 heterocycles. The molecule has 0 bridgehead atoms. The van der Waals surface area contributed by atoms with E-state index in [0.717, 1.165) is 4.57 Å². The summed E-state index contributed by atoms with van der Waals surface area (Å²) in [5, 5.41) is 9.94. The third-order valence-corrected chi connectivity index (χ3v) is 3.46. The number of aliphatic hydroxyl groups is 1. The number of aliphatic hydroxyl groups excluding tert-OH is 1. The molecule has 2 rings (SSSR count). The average Bonchev–Trinajstić information content (AvgIpc) is 2.83. The van der Waals surface area contributed by atoms with Crippen LogP contribution in [-0.4, -0.2) is 45.2 Å². The topological polar surface area (TPSA) is 128 Å². The number of ketones is 1. The van der Waals surface area contributed by atoms with Crippen LogP contribution in [0.15, 0.2) is 21.9 Å². The Hall–Kier alpha value is -2.26. The lowest BCUT2D eigenvalue weighted by molar-refractivity contribution is -0.151. The number of aromatic nitrogens is 2. The number of aromatic amines is 1. The van der Waals surface area contributed by atoms with Crippen molar-refractivity contribution in [3.63, 3.8) is 0 Å². The van der Waals surface area contributed by atoms with Gasteiger partial charge >= 0.3 is 11.7 Å². The van der Waals surface area contributed by atoms with Gasteiger partial charge in [-0.3, -0.25) is 19.1 Å². The standard InChI is InChI=1S/C14H18N2O7/c1-8(17)2-3-13(20)22-7-10-9(18)6-12(23-10)16-5-4-11(19)15-14(16)21/h4-5,9-10,12,18H,2-3,6-7H2,1H3,(H,15,19,21)/t9-,10+,12+/m0/s1. The van der Waals surface area contributed by atoms with Crippen LogP contribution in [0.1, 0.15) is 32.4 Å². The van der Waals surface area contributed by atoms with E-state index in [-0.39, 0.29) is 31.7 Å². The van der Waals surface area contributed by atoms with Crippen molar-refractivity contribution < 1.29 is 24.2 Å². The second-order valence-corrected chi connectivity index (χ2v) is 5.33. The molecule has 0 unspecified atom stereocenters. The Bertz CT molecular complexity index is 693. The first-order valence-electron chi connectivity index (χ1n) is 7.17. The highest BCUT2D eigenvalue weighted by Crippen LogP contribution is 2.27. The highest BCUT2D eigenvalue weighted by Gasteiger charge is 2.36. The van der Waals surface area contributed by atoms with E-state index in [2.05, 4.69) is 4.98 Å². The summed E-state index contributed by atoms with van der Waals surface area (Å²) in [6.07, 6.45) is -0.972. The summed E-state index contributed by atoms with van der Waals surface area (Å²) in [5.41, 5.74) is -1.17. The second kappa shape index (κ2) is 7.34. The molecule has 0 radical (unpaired) electrons. The fourth-order valence-electron chi connectivity index (χ4n) is 2.22. The minimum Gasteiger partial charge on any atom is -0.463 e. The van der Waals surface area contributed by atoms with E-state index < -0.39 is 35.7 Å². The van der Waals surface area contributed by atoms with Gasteiger partial charge in [0.25, 0.3) is 5.56 Å². The van der Waals surface area contributed by atoms with Crippen LogP contribution in [0.5, 0.6) is 0 Å². The molecule has 1 aromatic heterocycles. The second-order valence-electron chi connectivity index (χ2n) is 5.33. The van der Waals surface area contributed by atoms with Gasteiger partial charge in [-0.15, -0.1) is 0 Å². The first kappa shape index (κ1) is 17.1. The molecule has 2 N–H and O–H groups in total. The number of Topliss-reactive ketones (excluding diaryl/α,β-unsaturated/α-hetero) is 1. The van der Waals surface area contributed by atoms with Crippen molar-refractivity contribution in [3.8, 4) is 0 Å². The molecule has 126 valence electrons. The monoisotopic (exact) mass is 326 g/mol. The van der Waals surface area contributed by atoms with Gasteiger partial charge in [0.2, 0.25) is 0 Å². The zero-order chi connectivity index (χ0) is 17.0. The first-order valence-corrected chi connectivity index (χ1v) is 7.17. The van der Waals surface area contributed by atoms with Crippen molar-refractivity contribution in [2.45, 2.75) is 44.6 Å². The lowest BCUT2D eigenvalue weighted by Gasteiger charge is -2.16. The molecule has 1 fully saturated rings. The van der Waals surface area contributed by atoms with Crippen LogP contribution >= 0.6 is 0 Å². The summed E-state index contributed by atoms with van der Waals surface area (Å²) in [4.78, 5) is 47.0. The number of carbonyl (C=O) groups excluding carboxylic acids is 2. The van der Waals surface area contributed by atoms with E-state index in [1.165, 1.54) is 19.2 Å². The predicted octanol–water partition coefficient (Wildman–Crippen LogP) is -0.903. The third kappa shape index (κ3) is 4.60. The number of carbonyl (C=O) groups is 2. The van der Waals surface area contributed by atoms with Crippen molar-refractivity contribution in [3.05, 3.63) is 33.1 Å². The van der Waals surface area contributed by atoms with Crippen molar-refractivity contribution in [1.82, 2.24) is 9.55 Å². The molecule has 0 aliphatic carbocycles. The number of hydrogen-bond donors (Lipinski definition) is 2. The average molecular weight is 326 g/mol. The van der Waals surface area contributed by atoms with Gasteiger partial charge in [0.1, 0.15) is 24.7 Å². The van der Waals surface area contributed by atoms with Crippen LogP contribution in [0.4, 0.5) is 0 Å². The van der Waals surface area contributed by atoms with Crippen molar-refractivity contribution in [2.75, 3.05) is 6.61 Å². The molecule has 23 heavy (non-hydrogen) atoms. The molecular formula is C14H18N2O7. The lowest BCUT2D eigenvalue weighted by atomic mass is 10.2. The van der Waals surface area contributed by atoms with E-state index in [1.54, 1.807) is 0 Å². The number of hydrogen-bond acceptors (Lipinski definition) is 7. The van der Waals surface area contributed by atoms with Crippen molar-refractivity contribution >= 4 is 11.8 Å². The van der Waals surface area contributed by atoms with Gasteiger partial charge in [-0.05, 0) is 6.92 Å². The normalized spacial score (nSPS) is 23.7. The van der Waals surface area contributed by atoms with E-state index in [4.69, 9.17) is 9.47 Å². The highest BCUT2D eigenvalue weighted by atomic mass is 16.6. The molecule has 3 atom stereocenters. The zero-order valence-corrected chi connectivity index (χ0v) is 12.6. The Morgan fingerprint density at radius 2 is 2.17 bits per heavy atom. The summed E-state index contributed by atoms with van der Waals surface area (Å²) in [5.74, 6) is -0.669. The molecule has 1 aliphatic heterocycles. The number of nitrogens with zero attached hydrogens (tertiary/aromatic N) is 1. The maximum absolute atomic E-state index is 11.7. The van der Waals surface area contributed by atoms with Crippen LogP contribution in [0.3, 0.4) is 0 Å². The predicted molar refractivity (Wildman–Crippen MR) is 76.7 cm³/mol. The summed E-state index contributed by atoms with van der Waals surface area (Å²) < 4.78 is 11.6. The van der Waals surface area contributed by atoms with Gasteiger partial charge in [-0.2, -0.15) is 0 Å². The summed E-state index contributed by atoms with van der Waals surface area (Å²) >= 11 is 0. The van der Waals surface area contributed by atoms with E-state index in [1.807, 2.05) is 0 Å². The van der Waals surface area contributed by atoms with Crippen LogP contribution in [0.2, 0.25) is 0 Å².